The molecule has 0 spiro atoms. The Balaban J connectivity index is 2.13. The first-order valence-corrected chi connectivity index (χ1v) is 5.80. The Labute approximate surface area is 101 Å². The van der Waals surface area contributed by atoms with Gasteiger partial charge in [-0.3, -0.25) is 4.79 Å². The molecule has 92 valence electrons. The van der Waals surface area contributed by atoms with E-state index in [1.165, 1.54) is 6.42 Å². The van der Waals surface area contributed by atoms with Gasteiger partial charge in [-0.1, -0.05) is 0 Å². The SMILES string of the molecule is COc1cc(C(=O)NC2(C)CCC2)ccc1N. The summed E-state index contributed by atoms with van der Waals surface area (Å²) in [5, 5.41) is 3.04. The molecule has 17 heavy (non-hydrogen) atoms. The summed E-state index contributed by atoms with van der Waals surface area (Å²) >= 11 is 0. The van der Waals surface area contributed by atoms with E-state index in [4.69, 9.17) is 10.5 Å². The zero-order valence-electron chi connectivity index (χ0n) is 10.2. The first-order valence-electron chi connectivity index (χ1n) is 5.80. The van der Waals surface area contributed by atoms with E-state index in [1.807, 2.05) is 0 Å². The highest BCUT2D eigenvalue weighted by Crippen LogP contribution is 2.31. The van der Waals surface area contributed by atoms with Crippen molar-refractivity contribution in [2.24, 2.45) is 0 Å². The number of rotatable bonds is 3. The molecule has 4 heteroatoms. The maximum atomic E-state index is 12.0. The van der Waals surface area contributed by atoms with E-state index in [0.29, 0.717) is 17.0 Å². The van der Waals surface area contributed by atoms with Crippen molar-refractivity contribution in [2.45, 2.75) is 31.7 Å². The van der Waals surface area contributed by atoms with Crippen LogP contribution in [0.1, 0.15) is 36.5 Å². The highest BCUT2D eigenvalue weighted by atomic mass is 16.5. The van der Waals surface area contributed by atoms with E-state index < -0.39 is 0 Å². The largest absolute Gasteiger partial charge is 0.495 e. The van der Waals surface area contributed by atoms with Crippen molar-refractivity contribution in [3.63, 3.8) is 0 Å². The quantitative estimate of drug-likeness (QED) is 0.786. The third kappa shape index (κ3) is 2.35. The molecule has 0 radical (unpaired) electrons. The van der Waals surface area contributed by atoms with Gasteiger partial charge in [-0.2, -0.15) is 0 Å². The molecule has 1 aromatic carbocycles. The van der Waals surface area contributed by atoms with Gasteiger partial charge in [0.05, 0.1) is 12.8 Å². The molecule has 0 unspecified atom stereocenters. The van der Waals surface area contributed by atoms with Crippen LogP contribution >= 0.6 is 0 Å². The Morgan fingerprint density at radius 1 is 1.47 bits per heavy atom. The van der Waals surface area contributed by atoms with Gasteiger partial charge >= 0.3 is 0 Å². The molecule has 0 atom stereocenters. The lowest BCUT2D eigenvalue weighted by Crippen LogP contribution is -2.50. The molecule has 0 heterocycles. The number of carbonyl (C=O) groups is 1. The number of amides is 1. The number of anilines is 1. The molecule has 1 aliphatic carbocycles. The van der Waals surface area contributed by atoms with Crippen LogP contribution in [-0.2, 0) is 0 Å². The maximum Gasteiger partial charge on any atom is 0.251 e. The molecule has 0 aliphatic heterocycles. The Bertz CT molecular complexity index is 439. The number of hydrogen-bond donors (Lipinski definition) is 2. The smallest absolute Gasteiger partial charge is 0.251 e. The number of hydrogen-bond acceptors (Lipinski definition) is 3. The number of methoxy groups -OCH3 is 1. The minimum Gasteiger partial charge on any atom is -0.495 e. The van der Waals surface area contributed by atoms with Gasteiger partial charge < -0.3 is 15.8 Å². The van der Waals surface area contributed by atoms with Crippen LogP contribution in [0.5, 0.6) is 5.75 Å². The highest BCUT2D eigenvalue weighted by molar-refractivity contribution is 5.95. The van der Waals surface area contributed by atoms with Crippen LogP contribution in [0.15, 0.2) is 18.2 Å². The van der Waals surface area contributed by atoms with Gasteiger partial charge in [-0.15, -0.1) is 0 Å². The topological polar surface area (TPSA) is 64.3 Å². The van der Waals surface area contributed by atoms with Crippen molar-refractivity contribution >= 4 is 11.6 Å². The van der Waals surface area contributed by atoms with Crippen LogP contribution in [0.2, 0.25) is 0 Å². The van der Waals surface area contributed by atoms with Gasteiger partial charge in [0, 0.05) is 11.1 Å². The second-order valence-electron chi connectivity index (χ2n) is 4.83. The summed E-state index contributed by atoms with van der Waals surface area (Å²) in [4.78, 5) is 12.0. The molecule has 0 bridgehead atoms. The minimum atomic E-state index is -0.0644. The third-order valence-corrected chi connectivity index (χ3v) is 3.37. The predicted octanol–water partition coefficient (Wildman–Crippen LogP) is 1.95. The second kappa shape index (κ2) is 4.28. The van der Waals surface area contributed by atoms with Crippen molar-refractivity contribution in [3.8, 4) is 5.75 Å². The standard InChI is InChI=1S/C13H18N2O2/c1-13(6-3-7-13)15-12(16)9-4-5-10(14)11(8-9)17-2/h4-5,8H,3,6-7,14H2,1-2H3,(H,15,16). The second-order valence-corrected chi connectivity index (χ2v) is 4.83. The molecule has 0 saturated heterocycles. The Kier molecular flexibility index (Phi) is 2.96. The van der Waals surface area contributed by atoms with Crippen LogP contribution in [-0.4, -0.2) is 18.6 Å². The number of carbonyl (C=O) groups excluding carboxylic acids is 1. The Hall–Kier alpha value is -1.71. The van der Waals surface area contributed by atoms with Crippen LogP contribution < -0.4 is 15.8 Å². The van der Waals surface area contributed by atoms with E-state index in [1.54, 1.807) is 25.3 Å². The monoisotopic (exact) mass is 234 g/mol. The van der Waals surface area contributed by atoms with Crippen molar-refractivity contribution in [3.05, 3.63) is 23.8 Å². The summed E-state index contributed by atoms with van der Waals surface area (Å²) in [5.74, 6) is 0.474. The molecular formula is C13H18N2O2. The maximum absolute atomic E-state index is 12.0. The van der Waals surface area contributed by atoms with Gasteiger partial charge in [0.25, 0.3) is 5.91 Å². The molecule has 1 fully saturated rings. The van der Waals surface area contributed by atoms with Crippen LogP contribution in [0.3, 0.4) is 0 Å². The molecule has 4 nitrogen and oxygen atoms in total. The average Bonchev–Trinajstić information content (AvgIpc) is 2.27. The molecule has 1 aliphatic rings. The molecule has 0 aromatic heterocycles. The first kappa shape index (κ1) is 11.8. The highest BCUT2D eigenvalue weighted by Gasteiger charge is 2.33. The Morgan fingerprint density at radius 2 is 2.18 bits per heavy atom. The van der Waals surface area contributed by atoms with Gasteiger partial charge in [0.1, 0.15) is 5.75 Å². The number of benzene rings is 1. The molecule has 2 rings (SSSR count). The summed E-state index contributed by atoms with van der Waals surface area (Å²) in [5.41, 5.74) is 6.80. The van der Waals surface area contributed by atoms with E-state index in [9.17, 15) is 4.79 Å². The minimum absolute atomic E-state index is 0.0360. The zero-order chi connectivity index (χ0) is 12.5. The van der Waals surface area contributed by atoms with Crippen molar-refractivity contribution in [2.75, 3.05) is 12.8 Å². The molecular weight excluding hydrogens is 216 g/mol. The lowest BCUT2D eigenvalue weighted by Gasteiger charge is -2.39. The van der Waals surface area contributed by atoms with Crippen LogP contribution in [0, 0.1) is 0 Å². The number of nitrogen functional groups attached to an aromatic ring is 1. The van der Waals surface area contributed by atoms with E-state index in [0.717, 1.165) is 12.8 Å². The molecule has 1 amide bonds. The van der Waals surface area contributed by atoms with Gasteiger partial charge in [0.2, 0.25) is 0 Å². The normalized spacial score (nSPS) is 17.1. The lowest BCUT2D eigenvalue weighted by molar-refractivity contribution is 0.0850. The van der Waals surface area contributed by atoms with Gasteiger partial charge in [0.15, 0.2) is 0 Å². The van der Waals surface area contributed by atoms with E-state index in [-0.39, 0.29) is 11.4 Å². The van der Waals surface area contributed by atoms with E-state index >= 15 is 0 Å². The Morgan fingerprint density at radius 3 is 2.71 bits per heavy atom. The zero-order valence-corrected chi connectivity index (χ0v) is 10.2. The van der Waals surface area contributed by atoms with Crippen molar-refractivity contribution in [1.29, 1.82) is 0 Å². The first-order chi connectivity index (χ1) is 8.04. The number of ether oxygens (including phenoxy) is 1. The number of nitrogens with one attached hydrogen (secondary N) is 1. The average molecular weight is 234 g/mol. The lowest BCUT2D eigenvalue weighted by atomic mass is 9.78. The van der Waals surface area contributed by atoms with Gasteiger partial charge in [-0.05, 0) is 44.4 Å². The van der Waals surface area contributed by atoms with Gasteiger partial charge in [-0.25, -0.2) is 0 Å². The third-order valence-electron chi connectivity index (χ3n) is 3.37. The molecule has 1 saturated carbocycles. The summed E-state index contributed by atoms with van der Waals surface area (Å²) in [6.07, 6.45) is 3.28. The van der Waals surface area contributed by atoms with Crippen molar-refractivity contribution < 1.29 is 9.53 Å². The molecule has 3 N–H and O–H groups in total. The summed E-state index contributed by atoms with van der Waals surface area (Å²) in [6.45, 7) is 2.07. The predicted molar refractivity (Wildman–Crippen MR) is 67.1 cm³/mol. The van der Waals surface area contributed by atoms with Crippen molar-refractivity contribution in [1.82, 2.24) is 5.32 Å². The fourth-order valence-electron chi connectivity index (χ4n) is 2.03. The fraction of sp³-hybridized carbons (Fsp3) is 0.462. The summed E-state index contributed by atoms with van der Waals surface area (Å²) in [6, 6.07) is 5.08. The summed E-state index contributed by atoms with van der Waals surface area (Å²) < 4.78 is 5.10. The van der Waals surface area contributed by atoms with E-state index in [2.05, 4.69) is 12.2 Å². The van der Waals surface area contributed by atoms with Crippen LogP contribution in [0.25, 0.3) is 0 Å². The van der Waals surface area contributed by atoms with Crippen LogP contribution in [0.4, 0.5) is 5.69 Å². The number of nitrogens with two attached hydrogens (primary N) is 1. The molecule has 1 aromatic rings. The summed E-state index contributed by atoms with van der Waals surface area (Å²) in [7, 11) is 1.54. The fourth-order valence-corrected chi connectivity index (χ4v) is 2.03.